The van der Waals surface area contributed by atoms with E-state index in [4.69, 9.17) is 15.7 Å². The van der Waals surface area contributed by atoms with Crippen molar-refractivity contribution in [2.24, 2.45) is 11.7 Å². The van der Waals surface area contributed by atoms with Crippen LogP contribution in [-0.2, 0) is 14.3 Å². The molecule has 4 rings (SSSR count). The summed E-state index contributed by atoms with van der Waals surface area (Å²) in [7, 11) is 3.63. The van der Waals surface area contributed by atoms with E-state index < -0.39 is 5.72 Å². The van der Waals surface area contributed by atoms with Gasteiger partial charge in [0.2, 0.25) is 11.6 Å². The zero-order valence-electron chi connectivity index (χ0n) is 13.7. The summed E-state index contributed by atoms with van der Waals surface area (Å²) < 4.78 is 5.97. The smallest absolute Gasteiger partial charge is 0.207 e. The van der Waals surface area contributed by atoms with Gasteiger partial charge in [0, 0.05) is 42.5 Å². The number of rotatable bonds is 3. The van der Waals surface area contributed by atoms with E-state index in [0.717, 1.165) is 11.8 Å². The number of carbonyl (C=O) groups is 2. The van der Waals surface area contributed by atoms with Crippen molar-refractivity contribution in [3.63, 3.8) is 0 Å². The third-order valence-corrected chi connectivity index (χ3v) is 6.54. The fourth-order valence-electron chi connectivity index (χ4n) is 4.69. The first kappa shape index (κ1) is 15.7. The minimum absolute atomic E-state index is 0.0128. The molecule has 1 unspecified atom stereocenters. The zero-order chi connectivity index (χ0) is 17.4. The molecule has 0 amide bonds. The van der Waals surface area contributed by atoms with E-state index in [0.29, 0.717) is 35.2 Å². The van der Waals surface area contributed by atoms with Gasteiger partial charge in [-0.2, -0.15) is 5.26 Å². The molecule has 0 aromatic carbocycles. The standard InChI is InChI=1S/C16H18N4O3S/c1-7-11(18)14(22)10-8(5-24-6-17)16(23-3)15-9(19(15)2)4-20(16)12(10)13(7)21/h8-9,15H,4-5,18H2,1-3H3/t8-,9+,15+,16-,19?/m1/s1. The number of fused-ring (bicyclic) bond motifs is 4. The summed E-state index contributed by atoms with van der Waals surface area (Å²) in [6.45, 7) is 2.24. The highest BCUT2D eigenvalue weighted by atomic mass is 32.2. The lowest BCUT2D eigenvalue weighted by Crippen LogP contribution is -2.54. The first-order valence-corrected chi connectivity index (χ1v) is 8.75. The van der Waals surface area contributed by atoms with Crippen LogP contribution in [0.25, 0.3) is 0 Å². The number of carbonyl (C=O) groups excluding carboxylic acids is 2. The number of nitrogens with two attached hydrogens (primary N) is 1. The van der Waals surface area contributed by atoms with Crippen LogP contribution in [0.2, 0.25) is 0 Å². The number of hydrogen-bond donors (Lipinski definition) is 1. The number of ketones is 2. The SMILES string of the molecule is CO[C@@]12[C@H](CSC#N)C3=C(C(=O)C(C)=C(N)C3=O)N1C[C@H]1[C@@H]2N1C. The van der Waals surface area contributed by atoms with Crippen LogP contribution in [0.1, 0.15) is 6.92 Å². The summed E-state index contributed by atoms with van der Waals surface area (Å²) in [5.41, 5.74) is 6.29. The van der Waals surface area contributed by atoms with Gasteiger partial charge in [0.1, 0.15) is 5.40 Å². The molecule has 0 aromatic rings. The fraction of sp³-hybridized carbons (Fsp3) is 0.562. The number of likely N-dealkylation sites (N-methyl/N-ethyl adjacent to an activating group) is 1. The molecule has 1 aliphatic carbocycles. The van der Waals surface area contributed by atoms with Crippen molar-refractivity contribution in [3.8, 4) is 5.40 Å². The molecule has 4 aliphatic rings. The molecule has 0 aromatic heterocycles. The summed E-state index contributed by atoms with van der Waals surface area (Å²) in [4.78, 5) is 29.9. The van der Waals surface area contributed by atoms with Gasteiger partial charge in [-0.15, -0.1) is 0 Å². The van der Waals surface area contributed by atoms with Gasteiger partial charge in [-0.3, -0.25) is 14.5 Å². The fourth-order valence-corrected chi connectivity index (χ4v) is 5.34. The van der Waals surface area contributed by atoms with Gasteiger partial charge in [0.15, 0.2) is 5.72 Å². The lowest BCUT2D eigenvalue weighted by molar-refractivity contribution is -0.134. The Hall–Kier alpha value is -1.82. The van der Waals surface area contributed by atoms with E-state index >= 15 is 0 Å². The molecule has 2 N–H and O–H groups in total. The lowest BCUT2D eigenvalue weighted by Gasteiger charge is -2.40. The van der Waals surface area contributed by atoms with Crippen LogP contribution in [0.3, 0.4) is 0 Å². The Labute approximate surface area is 144 Å². The molecule has 8 heteroatoms. The Morgan fingerprint density at radius 3 is 2.79 bits per heavy atom. The summed E-state index contributed by atoms with van der Waals surface area (Å²) in [5, 5.41) is 11.1. The molecule has 0 spiro atoms. The van der Waals surface area contributed by atoms with Crippen LogP contribution in [0, 0.1) is 16.6 Å². The minimum atomic E-state index is -0.774. The average Bonchev–Trinajstić information content (AvgIpc) is 2.96. The molecule has 3 heterocycles. The van der Waals surface area contributed by atoms with Crippen molar-refractivity contribution in [2.45, 2.75) is 24.7 Å². The van der Waals surface area contributed by atoms with Crippen molar-refractivity contribution < 1.29 is 14.3 Å². The zero-order valence-corrected chi connectivity index (χ0v) is 14.5. The number of methoxy groups -OCH3 is 1. The van der Waals surface area contributed by atoms with Crippen LogP contribution < -0.4 is 5.73 Å². The van der Waals surface area contributed by atoms with Crippen LogP contribution in [0.4, 0.5) is 0 Å². The number of hydrogen-bond acceptors (Lipinski definition) is 8. The lowest BCUT2D eigenvalue weighted by atomic mass is 9.83. The maximum absolute atomic E-state index is 12.9. The Balaban J connectivity index is 1.88. The molecule has 0 bridgehead atoms. The number of thioether (sulfide) groups is 1. The third-order valence-electron chi connectivity index (χ3n) is 5.92. The second-order valence-electron chi connectivity index (χ2n) is 6.66. The summed E-state index contributed by atoms with van der Waals surface area (Å²) in [6, 6.07) is 0.416. The van der Waals surface area contributed by atoms with Crippen molar-refractivity contribution in [3.05, 3.63) is 22.5 Å². The van der Waals surface area contributed by atoms with E-state index in [9.17, 15) is 9.59 Å². The van der Waals surface area contributed by atoms with E-state index in [1.165, 1.54) is 0 Å². The van der Waals surface area contributed by atoms with Gasteiger partial charge in [-0.05, 0) is 25.7 Å². The van der Waals surface area contributed by atoms with E-state index in [1.807, 2.05) is 11.9 Å². The Morgan fingerprint density at radius 2 is 2.17 bits per heavy atom. The van der Waals surface area contributed by atoms with Gasteiger partial charge in [-0.1, -0.05) is 0 Å². The summed E-state index contributed by atoms with van der Waals surface area (Å²) in [6.07, 6.45) is 0. The number of nitriles is 1. The first-order valence-electron chi connectivity index (χ1n) is 7.77. The molecule has 0 saturated carbocycles. The quantitative estimate of drug-likeness (QED) is 0.426. The van der Waals surface area contributed by atoms with Crippen LogP contribution >= 0.6 is 11.8 Å². The molecule has 2 fully saturated rings. The number of thiocyanates is 1. The van der Waals surface area contributed by atoms with Crippen molar-refractivity contribution in [1.82, 2.24) is 9.80 Å². The Morgan fingerprint density at radius 1 is 1.46 bits per heavy atom. The predicted molar refractivity (Wildman–Crippen MR) is 87.3 cm³/mol. The van der Waals surface area contributed by atoms with Crippen molar-refractivity contribution in [2.75, 3.05) is 26.5 Å². The topological polar surface area (TPSA) is 99.4 Å². The van der Waals surface area contributed by atoms with Gasteiger partial charge in [0.05, 0.1) is 17.4 Å². The number of ether oxygens (including phenoxy) is 1. The van der Waals surface area contributed by atoms with Gasteiger partial charge in [-0.25, -0.2) is 0 Å². The number of nitrogens with zero attached hydrogens (tertiary/aromatic N) is 3. The summed E-state index contributed by atoms with van der Waals surface area (Å²) >= 11 is 1.08. The molecule has 126 valence electrons. The van der Waals surface area contributed by atoms with Gasteiger partial charge < -0.3 is 15.4 Å². The van der Waals surface area contributed by atoms with Crippen molar-refractivity contribution >= 4 is 23.3 Å². The van der Waals surface area contributed by atoms with Gasteiger partial charge >= 0.3 is 0 Å². The van der Waals surface area contributed by atoms with Crippen LogP contribution in [0.15, 0.2) is 22.5 Å². The number of Topliss-reactive ketones (excluding diaryl/α,β-unsaturated/α-hetero) is 2. The molecular formula is C16H18N4O3S. The molecule has 7 nitrogen and oxygen atoms in total. The number of allylic oxidation sites excluding steroid dienone is 2. The molecule has 3 aliphatic heterocycles. The normalized spacial score (nSPS) is 39.8. The Bertz CT molecular complexity index is 783. The third kappa shape index (κ3) is 1.55. The van der Waals surface area contributed by atoms with E-state index in [1.54, 1.807) is 14.0 Å². The molecule has 0 radical (unpaired) electrons. The largest absolute Gasteiger partial charge is 0.395 e. The molecule has 2 saturated heterocycles. The van der Waals surface area contributed by atoms with Crippen LogP contribution in [0.5, 0.6) is 0 Å². The highest BCUT2D eigenvalue weighted by Gasteiger charge is 2.74. The monoisotopic (exact) mass is 346 g/mol. The minimum Gasteiger partial charge on any atom is -0.395 e. The Kier molecular flexibility index (Phi) is 3.17. The second-order valence-corrected chi connectivity index (χ2v) is 7.46. The number of piperazine rings is 1. The average molecular weight is 346 g/mol. The summed E-state index contributed by atoms with van der Waals surface area (Å²) in [5.74, 6) is -0.458. The first-order chi connectivity index (χ1) is 11.4. The highest BCUT2D eigenvalue weighted by molar-refractivity contribution is 8.03. The predicted octanol–water partition coefficient (Wildman–Crippen LogP) is -0.190. The van der Waals surface area contributed by atoms with E-state index in [-0.39, 0.29) is 29.2 Å². The van der Waals surface area contributed by atoms with Crippen molar-refractivity contribution in [1.29, 1.82) is 5.26 Å². The molecule has 24 heavy (non-hydrogen) atoms. The molecule has 5 atom stereocenters. The maximum Gasteiger partial charge on any atom is 0.207 e. The second kappa shape index (κ2) is 4.85. The van der Waals surface area contributed by atoms with E-state index in [2.05, 4.69) is 10.3 Å². The van der Waals surface area contributed by atoms with Gasteiger partial charge in [0.25, 0.3) is 0 Å². The molecular weight excluding hydrogens is 328 g/mol. The highest BCUT2D eigenvalue weighted by Crippen LogP contribution is 2.59. The van der Waals surface area contributed by atoms with Crippen LogP contribution in [-0.4, -0.2) is 65.6 Å². The maximum atomic E-state index is 12.9.